The first-order chi connectivity index (χ1) is 8.80. The quantitative estimate of drug-likeness (QED) is 0.864. The van der Waals surface area contributed by atoms with E-state index in [1.165, 1.54) is 10.9 Å². The molecule has 0 saturated carbocycles. The molecule has 0 amide bonds. The van der Waals surface area contributed by atoms with Crippen LogP contribution in [-0.2, 0) is 17.8 Å². The number of hydrogen-bond acceptors (Lipinski definition) is 2. The summed E-state index contributed by atoms with van der Waals surface area (Å²) >= 11 is 0. The van der Waals surface area contributed by atoms with E-state index in [4.69, 9.17) is 0 Å². The summed E-state index contributed by atoms with van der Waals surface area (Å²) in [4.78, 5) is 0. The molecule has 4 heteroatoms. The van der Waals surface area contributed by atoms with Crippen LogP contribution in [-0.4, -0.2) is 24.5 Å². The summed E-state index contributed by atoms with van der Waals surface area (Å²) in [5, 5.41) is 5.48. The Morgan fingerprint density at radius 1 is 1.37 bits per heavy atom. The lowest BCUT2D eigenvalue weighted by atomic mass is 9.99. The molecule has 0 fully saturated rings. The second-order valence-corrected chi connectivity index (χ2v) is 8.32. The molecular weight excluding hydrogens is 256 g/mol. The second kappa shape index (κ2) is 5.08. The van der Waals surface area contributed by atoms with Gasteiger partial charge in [-0.1, -0.05) is 19.1 Å². The van der Waals surface area contributed by atoms with Gasteiger partial charge in [-0.2, -0.15) is 5.10 Å². The van der Waals surface area contributed by atoms with Gasteiger partial charge in [-0.25, -0.2) is 0 Å². The van der Waals surface area contributed by atoms with E-state index in [1.54, 1.807) is 0 Å². The van der Waals surface area contributed by atoms with Crippen LogP contribution in [0.15, 0.2) is 24.4 Å². The Morgan fingerprint density at radius 3 is 2.68 bits per heavy atom. The molecule has 3 nitrogen and oxygen atoms in total. The highest BCUT2D eigenvalue weighted by molar-refractivity contribution is 7.86. The largest absolute Gasteiger partial charge is 0.268 e. The fraction of sp³-hybridized carbons (Fsp3) is 0.533. The monoisotopic (exact) mass is 278 g/mol. The van der Waals surface area contributed by atoms with Crippen LogP contribution >= 0.6 is 0 Å². The van der Waals surface area contributed by atoms with Gasteiger partial charge in [-0.3, -0.25) is 8.89 Å². The fourth-order valence-electron chi connectivity index (χ4n) is 2.20. The van der Waals surface area contributed by atoms with Crippen molar-refractivity contribution < 1.29 is 4.21 Å². The normalized spacial score (nSPS) is 15.6. The van der Waals surface area contributed by atoms with E-state index in [0.717, 1.165) is 5.52 Å². The third-order valence-electron chi connectivity index (χ3n) is 3.44. The lowest BCUT2D eigenvalue weighted by molar-refractivity contribution is 0.643. The van der Waals surface area contributed by atoms with Crippen molar-refractivity contribution in [3.63, 3.8) is 0 Å². The van der Waals surface area contributed by atoms with Gasteiger partial charge >= 0.3 is 0 Å². The Bertz CT molecular complexity index is 610. The summed E-state index contributed by atoms with van der Waals surface area (Å²) in [6.45, 7) is 8.23. The van der Waals surface area contributed by atoms with Crippen molar-refractivity contribution in [1.82, 2.24) is 9.78 Å². The molecule has 0 radical (unpaired) electrons. The Morgan fingerprint density at radius 2 is 2.05 bits per heavy atom. The molecule has 0 aliphatic rings. The van der Waals surface area contributed by atoms with Gasteiger partial charge < -0.3 is 0 Å². The van der Waals surface area contributed by atoms with Crippen LogP contribution < -0.4 is 0 Å². The number of rotatable bonds is 3. The standard InChI is InChI=1S/C15H22N2OS/c1-11(10-19(18)15(2,3)4)12-7-6-8-14-13(12)9-16-17(14)5/h6-9,11H,10H2,1-5H3/t11-,19+/m1/s1. The van der Waals surface area contributed by atoms with Gasteiger partial charge in [-0.05, 0) is 38.3 Å². The van der Waals surface area contributed by atoms with Crippen LogP contribution in [0, 0.1) is 0 Å². The van der Waals surface area contributed by atoms with Crippen molar-refractivity contribution >= 4 is 21.7 Å². The predicted molar refractivity (Wildman–Crippen MR) is 81.9 cm³/mol. The fourth-order valence-corrected chi connectivity index (χ4v) is 3.33. The first kappa shape index (κ1) is 14.3. The van der Waals surface area contributed by atoms with E-state index < -0.39 is 10.8 Å². The van der Waals surface area contributed by atoms with E-state index in [1.807, 2.05) is 38.7 Å². The van der Waals surface area contributed by atoms with Gasteiger partial charge in [0.1, 0.15) is 0 Å². The van der Waals surface area contributed by atoms with Gasteiger partial charge in [0.2, 0.25) is 0 Å². The molecule has 1 aromatic carbocycles. The average Bonchev–Trinajstić information content (AvgIpc) is 2.70. The average molecular weight is 278 g/mol. The molecule has 2 aromatic rings. The van der Waals surface area contributed by atoms with E-state index in [0.29, 0.717) is 5.75 Å². The molecular formula is C15H22N2OS. The zero-order chi connectivity index (χ0) is 14.2. The molecule has 0 aliphatic carbocycles. The summed E-state index contributed by atoms with van der Waals surface area (Å²) in [6, 6.07) is 6.24. The number of hydrogen-bond donors (Lipinski definition) is 0. The second-order valence-electron chi connectivity index (χ2n) is 6.07. The maximum atomic E-state index is 12.3. The molecule has 1 aromatic heterocycles. The van der Waals surface area contributed by atoms with Gasteiger partial charge in [0.15, 0.2) is 0 Å². The zero-order valence-electron chi connectivity index (χ0n) is 12.3. The van der Waals surface area contributed by atoms with Gasteiger partial charge in [0.05, 0.1) is 11.7 Å². The van der Waals surface area contributed by atoms with Crippen molar-refractivity contribution in [2.45, 2.75) is 38.4 Å². The van der Waals surface area contributed by atoms with Crippen molar-refractivity contribution in [2.75, 3.05) is 5.75 Å². The Balaban J connectivity index is 2.32. The molecule has 19 heavy (non-hydrogen) atoms. The molecule has 0 N–H and O–H groups in total. The van der Waals surface area contributed by atoms with E-state index in [-0.39, 0.29) is 10.7 Å². The van der Waals surface area contributed by atoms with Gasteiger partial charge in [0.25, 0.3) is 0 Å². The molecule has 0 saturated heterocycles. The molecule has 0 bridgehead atoms. The number of aryl methyl sites for hydroxylation is 1. The highest BCUT2D eigenvalue weighted by Crippen LogP contribution is 2.27. The smallest absolute Gasteiger partial charge is 0.0681 e. The molecule has 0 spiro atoms. The van der Waals surface area contributed by atoms with Crippen molar-refractivity contribution in [2.24, 2.45) is 7.05 Å². The number of fused-ring (bicyclic) bond motifs is 1. The molecule has 2 atom stereocenters. The van der Waals surface area contributed by atoms with Crippen LogP contribution in [0.1, 0.15) is 39.2 Å². The summed E-state index contributed by atoms with van der Waals surface area (Å²) in [5.74, 6) is 0.963. The molecule has 104 valence electrons. The van der Waals surface area contributed by atoms with E-state index in [9.17, 15) is 4.21 Å². The minimum atomic E-state index is -0.831. The van der Waals surface area contributed by atoms with Crippen molar-refractivity contribution in [3.05, 3.63) is 30.0 Å². The lowest BCUT2D eigenvalue weighted by Gasteiger charge is -2.21. The number of aromatic nitrogens is 2. The van der Waals surface area contributed by atoms with Crippen LogP contribution in [0.3, 0.4) is 0 Å². The number of nitrogens with zero attached hydrogens (tertiary/aromatic N) is 2. The maximum Gasteiger partial charge on any atom is 0.0681 e. The predicted octanol–water partition coefficient (Wildman–Crippen LogP) is 3.22. The SMILES string of the molecule is C[C@H](C[S@](=O)C(C)(C)C)c1cccc2c1cnn2C. The first-order valence-electron chi connectivity index (χ1n) is 6.60. The van der Waals surface area contributed by atoms with Crippen LogP contribution in [0.4, 0.5) is 0 Å². The van der Waals surface area contributed by atoms with Crippen LogP contribution in [0.5, 0.6) is 0 Å². The Hall–Kier alpha value is -1.16. The Labute approximate surface area is 117 Å². The third-order valence-corrected chi connectivity index (χ3v) is 5.61. The van der Waals surface area contributed by atoms with Gasteiger partial charge in [-0.15, -0.1) is 0 Å². The minimum Gasteiger partial charge on any atom is -0.268 e. The highest BCUT2D eigenvalue weighted by atomic mass is 32.2. The van der Waals surface area contributed by atoms with E-state index >= 15 is 0 Å². The maximum absolute atomic E-state index is 12.3. The van der Waals surface area contributed by atoms with Crippen LogP contribution in [0.2, 0.25) is 0 Å². The molecule has 0 aliphatic heterocycles. The Kier molecular flexibility index (Phi) is 3.81. The molecule has 2 rings (SSSR count). The van der Waals surface area contributed by atoms with E-state index in [2.05, 4.69) is 30.2 Å². The topological polar surface area (TPSA) is 34.9 Å². The zero-order valence-corrected chi connectivity index (χ0v) is 13.1. The minimum absolute atomic E-state index is 0.156. The summed E-state index contributed by atoms with van der Waals surface area (Å²) in [5.41, 5.74) is 2.37. The highest BCUT2D eigenvalue weighted by Gasteiger charge is 2.23. The number of benzene rings is 1. The van der Waals surface area contributed by atoms with Crippen molar-refractivity contribution in [3.8, 4) is 0 Å². The molecule has 0 unspecified atom stereocenters. The summed E-state index contributed by atoms with van der Waals surface area (Å²) < 4.78 is 14.0. The third kappa shape index (κ3) is 2.89. The summed E-state index contributed by atoms with van der Waals surface area (Å²) in [7, 11) is 1.12. The van der Waals surface area contributed by atoms with Gasteiger partial charge in [0, 0.05) is 33.7 Å². The lowest BCUT2D eigenvalue weighted by Crippen LogP contribution is -2.26. The first-order valence-corrected chi connectivity index (χ1v) is 7.91. The van der Waals surface area contributed by atoms with Crippen molar-refractivity contribution in [1.29, 1.82) is 0 Å². The van der Waals surface area contributed by atoms with Crippen LogP contribution in [0.25, 0.3) is 10.9 Å². The molecule has 1 heterocycles. The summed E-state index contributed by atoms with van der Waals surface area (Å²) in [6.07, 6.45) is 1.90.